The second-order valence-corrected chi connectivity index (χ2v) is 7.51. The first-order chi connectivity index (χ1) is 11.3. The molecule has 2 rings (SSSR count). The molecule has 1 atom stereocenters. The van der Waals surface area contributed by atoms with Crippen molar-refractivity contribution in [2.75, 3.05) is 11.8 Å². The molecule has 9 heteroatoms. The van der Waals surface area contributed by atoms with Crippen molar-refractivity contribution in [3.8, 4) is 0 Å². The second kappa shape index (κ2) is 7.45. The number of methoxy groups -OCH3 is 1. The van der Waals surface area contributed by atoms with Crippen molar-refractivity contribution < 1.29 is 27.5 Å². The monoisotopic (exact) mass is 369 g/mol. The summed E-state index contributed by atoms with van der Waals surface area (Å²) in [5, 5.41) is 1.63. The maximum absolute atomic E-state index is 12.3. The average molecular weight is 369 g/mol. The van der Waals surface area contributed by atoms with Gasteiger partial charge in [0.1, 0.15) is 4.21 Å². The number of thiophene rings is 1. The van der Waals surface area contributed by atoms with Gasteiger partial charge in [-0.25, -0.2) is 18.0 Å². The summed E-state index contributed by atoms with van der Waals surface area (Å²) in [6.45, 7) is 1.36. The van der Waals surface area contributed by atoms with Gasteiger partial charge >= 0.3 is 11.9 Å². The van der Waals surface area contributed by atoms with E-state index in [-0.39, 0.29) is 15.5 Å². The first kappa shape index (κ1) is 18.0. The number of para-hydroxylation sites is 1. The molecule has 0 radical (unpaired) electrons. The fourth-order valence-electron chi connectivity index (χ4n) is 1.80. The van der Waals surface area contributed by atoms with E-state index in [1.54, 1.807) is 23.6 Å². The third-order valence-corrected chi connectivity index (χ3v) is 5.73. The fraction of sp³-hybridized carbons (Fsp3) is 0.200. The van der Waals surface area contributed by atoms with Crippen LogP contribution in [0.25, 0.3) is 0 Å². The van der Waals surface area contributed by atoms with Crippen molar-refractivity contribution in [1.82, 2.24) is 0 Å². The van der Waals surface area contributed by atoms with Crippen LogP contribution in [0.1, 0.15) is 17.3 Å². The second-order valence-electron chi connectivity index (χ2n) is 4.65. The molecule has 7 nitrogen and oxygen atoms in total. The molecule has 1 aromatic carbocycles. The van der Waals surface area contributed by atoms with Gasteiger partial charge in [-0.2, -0.15) is 0 Å². The lowest BCUT2D eigenvalue weighted by atomic mass is 10.2. The van der Waals surface area contributed by atoms with E-state index in [0.29, 0.717) is 0 Å². The number of hydrogen-bond donors (Lipinski definition) is 1. The highest BCUT2D eigenvalue weighted by molar-refractivity contribution is 7.94. The molecule has 0 fully saturated rings. The largest absolute Gasteiger partial charge is 0.466 e. The summed E-state index contributed by atoms with van der Waals surface area (Å²) in [4.78, 5) is 23.5. The van der Waals surface area contributed by atoms with Crippen molar-refractivity contribution >= 4 is 39.0 Å². The van der Waals surface area contributed by atoms with Crippen LogP contribution < -0.4 is 4.72 Å². The van der Waals surface area contributed by atoms with Crippen molar-refractivity contribution in [3.63, 3.8) is 0 Å². The molecule has 0 aliphatic carbocycles. The van der Waals surface area contributed by atoms with E-state index < -0.39 is 28.1 Å². The topological polar surface area (TPSA) is 98.8 Å². The number of sulfonamides is 1. The van der Waals surface area contributed by atoms with Crippen LogP contribution in [0.15, 0.2) is 46.0 Å². The summed E-state index contributed by atoms with van der Waals surface area (Å²) in [6, 6.07) is 9.03. The quantitative estimate of drug-likeness (QED) is 0.784. The van der Waals surface area contributed by atoms with E-state index in [0.717, 1.165) is 11.3 Å². The number of benzene rings is 1. The predicted molar refractivity (Wildman–Crippen MR) is 88.5 cm³/mol. The lowest BCUT2D eigenvalue weighted by Crippen LogP contribution is -2.26. The van der Waals surface area contributed by atoms with Crippen LogP contribution in [-0.4, -0.2) is 33.6 Å². The molecule has 0 unspecified atom stereocenters. The van der Waals surface area contributed by atoms with Crippen LogP contribution in [0, 0.1) is 0 Å². The van der Waals surface area contributed by atoms with Crippen molar-refractivity contribution in [1.29, 1.82) is 0 Å². The van der Waals surface area contributed by atoms with Gasteiger partial charge in [0.15, 0.2) is 6.10 Å². The Balaban J connectivity index is 2.25. The van der Waals surface area contributed by atoms with E-state index in [9.17, 15) is 18.0 Å². The van der Waals surface area contributed by atoms with Crippen molar-refractivity contribution in [2.45, 2.75) is 17.2 Å². The van der Waals surface area contributed by atoms with Gasteiger partial charge in [0.05, 0.1) is 18.4 Å². The number of carbonyl (C=O) groups excluding carboxylic acids is 2. The number of nitrogens with one attached hydrogen (secondary N) is 1. The number of anilines is 1. The normalized spacial score (nSPS) is 12.2. The summed E-state index contributed by atoms with van der Waals surface area (Å²) < 4.78 is 36.5. The standard InChI is InChI=1S/C15H15NO6S2/c1-10(14(17)21-2)22-15(18)11-6-3-4-7-12(11)16-24(19,20)13-8-5-9-23-13/h3-10,16H,1-2H3/t10-/m1/s1. The SMILES string of the molecule is COC(=O)[C@@H](C)OC(=O)c1ccccc1NS(=O)(=O)c1cccs1. The minimum atomic E-state index is -3.81. The number of hydrogen-bond acceptors (Lipinski definition) is 7. The summed E-state index contributed by atoms with van der Waals surface area (Å²) >= 11 is 1.05. The average Bonchev–Trinajstić information content (AvgIpc) is 3.09. The van der Waals surface area contributed by atoms with E-state index in [1.807, 2.05) is 0 Å². The van der Waals surface area contributed by atoms with E-state index in [2.05, 4.69) is 9.46 Å². The minimum Gasteiger partial charge on any atom is -0.466 e. The molecule has 24 heavy (non-hydrogen) atoms. The Morgan fingerprint density at radius 2 is 1.88 bits per heavy atom. The van der Waals surface area contributed by atoms with Crippen LogP contribution in [0.2, 0.25) is 0 Å². The molecule has 0 aliphatic rings. The van der Waals surface area contributed by atoms with Gasteiger partial charge in [0.25, 0.3) is 10.0 Å². The molecular weight excluding hydrogens is 354 g/mol. The van der Waals surface area contributed by atoms with Crippen LogP contribution in [-0.2, 0) is 24.3 Å². The predicted octanol–water partition coefficient (Wildman–Crippen LogP) is 2.27. The zero-order valence-electron chi connectivity index (χ0n) is 12.9. The summed E-state index contributed by atoms with van der Waals surface area (Å²) in [6.07, 6.45) is -1.11. The zero-order valence-corrected chi connectivity index (χ0v) is 14.5. The molecule has 0 saturated heterocycles. The van der Waals surface area contributed by atoms with Crippen LogP contribution >= 0.6 is 11.3 Å². The molecular formula is C15H15NO6S2. The lowest BCUT2D eigenvalue weighted by Gasteiger charge is -2.14. The van der Waals surface area contributed by atoms with Crippen LogP contribution in [0.3, 0.4) is 0 Å². The van der Waals surface area contributed by atoms with E-state index >= 15 is 0 Å². The Bertz CT molecular complexity index is 829. The Kier molecular flexibility index (Phi) is 5.58. The zero-order chi connectivity index (χ0) is 17.7. The smallest absolute Gasteiger partial charge is 0.346 e. The molecule has 1 aromatic heterocycles. The third-order valence-electron chi connectivity index (χ3n) is 2.97. The minimum absolute atomic E-state index is 0.00613. The lowest BCUT2D eigenvalue weighted by molar-refractivity contribution is -0.149. The molecule has 0 saturated carbocycles. The fourth-order valence-corrected chi connectivity index (χ4v) is 3.87. The van der Waals surface area contributed by atoms with Gasteiger partial charge in [-0.15, -0.1) is 11.3 Å². The van der Waals surface area contributed by atoms with Crippen LogP contribution in [0.4, 0.5) is 5.69 Å². The molecule has 0 spiro atoms. The van der Waals surface area contributed by atoms with Crippen molar-refractivity contribution in [3.05, 3.63) is 47.3 Å². The molecule has 1 N–H and O–H groups in total. The molecule has 0 bridgehead atoms. The Labute approximate surface area is 143 Å². The highest BCUT2D eigenvalue weighted by Gasteiger charge is 2.23. The number of ether oxygens (including phenoxy) is 2. The van der Waals surface area contributed by atoms with Crippen LogP contribution in [0.5, 0.6) is 0 Å². The van der Waals surface area contributed by atoms with Gasteiger partial charge in [0, 0.05) is 0 Å². The number of carbonyl (C=O) groups is 2. The summed E-state index contributed by atoms with van der Waals surface area (Å²) in [5.74, 6) is -1.54. The number of esters is 2. The van der Waals surface area contributed by atoms with Gasteiger partial charge in [-0.3, -0.25) is 4.72 Å². The number of rotatable bonds is 6. The summed E-state index contributed by atoms with van der Waals surface area (Å²) in [5.41, 5.74) is 0.0568. The first-order valence-corrected chi connectivity index (χ1v) is 9.15. The van der Waals surface area contributed by atoms with Gasteiger partial charge < -0.3 is 9.47 Å². The van der Waals surface area contributed by atoms with Gasteiger partial charge in [-0.05, 0) is 30.5 Å². The molecule has 2 aromatic rings. The Hall–Kier alpha value is -2.39. The highest BCUT2D eigenvalue weighted by Crippen LogP contribution is 2.23. The molecule has 1 heterocycles. The van der Waals surface area contributed by atoms with Crippen molar-refractivity contribution in [2.24, 2.45) is 0 Å². The highest BCUT2D eigenvalue weighted by atomic mass is 32.2. The molecule has 0 amide bonds. The molecule has 0 aliphatic heterocycles. The van der Waals surface area contributed by atoms with Gasteiger partial charge in [0.2, 0.25) is 0 Å². The van der Waals surface area contributed by atoms with E-state index in [1.165, 1.54) is 32.2 Å². The maximum Gasteiger partial charge on any atom is 0.346 e. The third kappa shape index (κ3) is 4.12. The first-order valence-electron chi connectivity index (χ1n) is 6.79. The maximum atomic E-state index is 12.3. The van der Waals surface area contributed by atoms with Gasteiger partial charge in [-0.1, -0.05) is 18.2 Å². The Morgan fingerprint density at radius 3 is 2.50 bits per heavy atom. The van der Waals surface area contributed by atoms with E-state index in [4.69, 9.17) is 4.74 Å². The molecule has 128 valence electrons. The Morgan fingerprint density at radius 1 is 1.17 bits per heavy atom. The summed E-state index contributed by atoms with van der Waals surface area (Å²) in [7, 11) is -2.63.